The summed E-state index contributed by atoms with van der Waals surface area (Å²) in [4.78, 5) is 45.3. The summed E-state index contributed by atoms with van der Waals surface area (Å²) in [5.41, 5.74) is -1.73. The number of carbonyl (C=O) groups excluding carboxylic acids is 3. The first-order valence-electron chi connectivity index (χ1n) is 13.4. The number of benzene rings is 2. The molecule has 1 spiro atoms. The topological polar surface area (TPSA) is 96.4 Å². The Kier molecular flexibility index (Phi) is 5.92. The Labute approximate surface area is 221 Å². The van der Waals surface area contributed by atoms with Crippen LogP contribution in [0, 0.1) is 11.8 Å². The van der Waals surface area contributed by atoms with E-state index in [4.69, 9.17) is 9.47 Å². The Bertz CT molecular complexity index is 1370. The second-order valence-corrected chi connectivity index (χ2v) is 10.5. The molecule has 0 aromatic heterocycles. The number of aliphatic hydroxyl groups is 1. The third kappa shape index (κ3) is 3.33. The van der Waals surface area contributed by atoms with E-state index in [0.717, 1.165) is 10.8 Å². The summed E-state index contributed by atoms with van der Waals surface area (Å²) in [7, 11) is 0. The van der Waals surface area contributed by atoms with E-state index >= 15 is 0 Å². The van der Waals surface area contributed by atoms with Crippen LogP contribution in [-0.2, 0) is 23.9 Å². The number of likely N-dealkylation sites (tertiary alicyclic amines) is 1. The summed E-state index contributed by atoms with van der Waals surface area (Å²) in [6, 6.07) is 12.1. The van der Waals surface area contributed by atoms with Crippen molar-refractivity contribution in [1.29, 1.82) is 0 Å². The number of hydrogen-bond donors (Lipinski definition) is 1. The minimum absolute atomic E-state index is 0.111. The second-order valence-electron chi connectivity index (χ2n) is 10.5. The molecule has 4 heterocycles. The molecule has 4 aliphatic rings. The maximum Gasteiger partial charge on any atom is 0.313 e. The molecule has 2 saturated heterocycles. The van der Waals surface area contributed by atoms with Gasteiger partial charge in [0.25, 0.3) is 5.91 Å². The molecule has 1 N–H and O–H groups in total. The summed E-state index contributed by atoms with van der Waals surface area (Å²) in [6.07, 6.45) is 8.15. The van der Waals surface area contributed by atoms with Gasteiger partial charge in [0, 0.05) is 12.2 Å². The maximum absolute atomic E-state index is 14.5. The standard InChI is InChI=1S/C30H32N2O6/c1-3-21(18-33)32-25-27(35)31(22-12-11-19-9-5-6-10-20(19)17-22)15-7-14-30(25)23(26(32)34)24-28(36)37-16-8-13-29(24,4-2)38-30/h5-14,17,21,23-25,33H,3-4,15-16,18H2,1-2H3/t21-,23-,24+,25?,29-,30-/m0/s1. The van der Waals surface area contributed by atoms with E-state index in [2.05, 4.69) is 0 Å². The van der Waals surface area contributed by atoms with Crippen LogP contribution in [0.1, 0.15) is 26.7 Å². The van der Waals surface area contributed by atoms with Gasteiger partial charge in [0.2, 0.25) is 5.91 Å². The summed E-state index contributed by atoms with van der Waals surface area (Å²) in [5.74, 6) is -3.00. The van der Waals surface area contributed by atoms with Gasteiger partial charge in [-0.2, -0.15) is 0 Å². The Morgan fingerprint density at radius 2 is 1.79 bits per heavy atom. The van der Waals surface area contributed by atoms with E-state index in [1.54, 1.807) is 11.0 Å². The number of rotatable bonds is 5. The number of aliphatic hydroxyl groups excluding tert-OH is 1. The van der Waals surface area contributed by atoms with Gasteiger partial charge in [0.15, 0.2) is 0 Å². The van der Waals surface area contributed by atoms with Crippen LogP contribution >= 0.6 is 0 Å². The molecule has 6 atom stereocenters. The minimum atomic E-state index is -1.37. The number of amides is 2. The van der Waals surface area contributed by atoms with Crippen molar-refractivity contribution >= 4 is 34.2 Å². The number of esters is 1. The van der Waals surface area contributed by atoms with Crippen LogP contribution in [0.15, 0.2) is 66.8 Å². The Balaban J connectivity index is 1.52. The lowest BCUT2D eigenvalue weighted by Crippen LogP contribution is -2.59. The molecule has 6 rings (SSSR count). The molecule has 2 fully saturated rings. The average molecular weight is 517 g/mol. The zero-order valence-corrected chi connectivity index (χ0v) is 21.6. The number of fused-ring (bicyclic) bond motifs is 3. The van der Waals surface area contributed by atoms with Crippen LogP contribution in [0.3, 0.4) is 0 Å². The van der Waals surface area contributed by atoms with Crippen LogP contribution in [0.25, 0.3) is 10.8 Å². The first-order valence-corrected chi connectivity index (χ1v) is 13.4. The second kappa shape index (κ2) is 9.06. The molecule has 0 saturated carbocycles. The first-order chi connectivity index (χ1) is 18.4. The zero-order valence-electron chi connectivity index (χ0n) is 21.6. The fourth-order valence-corrected chi connectivity index (χ4v) is 6.92. The molecule has 8 heteroatoms. The molecular weight excluding hydrogens is 484 g/mol. The first kappa shape index (κ1) is 24.8. The van der Waals surface area contributed by atoms with Gasteiger partial charge in [-0.05, 0) is 41.8 Å². The van der Waals surface area contributed by atoms with Gasteiger partial charge in [0.05, 0.1) is 18.6 Å². The van der Waals surface area contributed by atoms with Gasteiger partial charge in [-0.15, -0.1) is 0 Å². The van der Waals surface area contributed by atoms with Gasteiger partial charge in [-0.3, -0.25) is 14.4 Å². The molecule has 1 unspecified atom stereocenters. The van der Waals surface area contributed by atoms with Crippen LogP contribution in [-0.4, -0.2) is 70.8 Å². The number of anilines is 1. The fraction of sp³-hybridized carbons (Fsp3) is 0.433. The predicted octanol–water partition coefficient (Wildman–Crippen LogP) is 2.99. The van der Waals surface area contributed by atoms with E-state index in [0.29, 0.717) is 18.5 Å². The summed E-state index contributed by atoms with van der Waals surface area (Å²) < 4.78 is 12.3. The highest BCUT2D eigenvalue weighted by molar-refractivity contribution is 6.06. The van der Waals surface area contributed by atoms with E-state index < -0.39 is 41.1 Å². The van der Waals surface area contributed by atoms with Crippen molar-refractivity contribution < 1.29 is 29.0 Å². The van der Waals surface area contributed by atoms with E-state index in [1.807, 2.05) is 74.5 Å². The normalized spacial score (nSPS) is 33.0. The van der Waals surface area contributed by atoms with Crippen molar-refractivity contribution in [2.75, 3.05) is 24.7 Å². The maximum atomic E-state index is 14.5. The minimum Gasteiger partial charge on any atom is -0.461 e. The molecule has 38 heavy (non-hydrogen) atoms. The highest BCUT2D eigenvalue weighted by Gasteiger charge is 2.76. The third-order valence-electron chi connectivity index (χ3n) is 8.75. The molecular formula is C30H32N2O6. The Hall–Kier alpha value is -3.49. The molecule has 2 aromatic carbocycles. The van der Waals surface area contributed by atoms with Crippen molar-refractivity contribution in [3.05, 3.63) is 66.8 Å². The van der Waals surface area contributed by atoms with Crippen molar-refractivity contribution in [2.24, 2.45) is 11.8 Å². The van der Waals surface area contributed by atoms with Crippen LogP contribution in [0.2, 0.25) is 0 Å². The van der Waals surface area contributed by atoms with Gasteiger partial charge in [-0.1, -0.05) is 62.4 Å². The Morgan fingerprint density at radius 3 is 2.53 bits per heavy atom. The third-order valence-corrected chi connectivity index (χ3v) is 8.75. The summed E-state index contributed by atoms with van der Waals surface area (Å²) in [5, 5.41) is 12.3. The monoisotopic (exact) mass is 516 g/mol. The highest BCUT2D eigenvalue weighted by Crippen LogP contribution is 2.59. The number of nitrogens with zero attached hydrogens (tertiary/aromatic N) is 2. The van der Waals surface area contributed by atoms with Gasteiger partial charge < -0.3 is 24.4 Å². The zero-order chi connectivity index (χ0) is 26.7. The number of hydrogen-bond acceptors (Lipinski definition) is 6. The lowest BCUT2D eigenvalue weighted by atomic mass is 9.73. The largest absolute Gasteiger partial charge is 0.461 e. The molecule has 2 amide bonds. The lowest BCUT2D eigenvalue weighted by molar-refractivity contribution is -0.159. The molecule has 4 aliphatic heterocycles. The molecule has 8 nitrogen and oxygen atoms in total. The van der Waals surface area contributed by atoms with Gasteiger partial charge in [0.1, 0.15) is 29.8 Å². The van der Waals surface area contributed by atoms with Crippen molar-refractivity contribution in [3.63, 3.8) is 0 Å². The summed E-state index contributed by atoms with van der Waals surface area (Å²) in [6.45, 7) is 3.88. The fourth-order valence-electron chi connectivity index (χ4n) is 6.92. The summed E-state index contributed by atoms with van der Waals surface area (Å²) >= 11 is 0. The number of ether oxygens (including phenoxy) is 2. The quantitative estimate of drug-likeness (QED) is 0.485. The number of carbonyl (C=O) groups is 3. The van der Waals surface area contributed by atoms with E-state index in [1.165, 1.54) is 4.90 Å². The van der Waals surface area contributed by atoms with Gasteiger partial charge in [-0.25, -0.2) is 0 Å². The molecule has 2 aromatic rings. The molecule has 0 radical (unpaired) electrons. The molecule has 0 bridgehead atoms. The SMILES string of the molecule is CC[C@@H](CO)N1C(=O)[C@@H]2[C@@H]3C(=O)OCC=C[C@]3(CC)O[C@@]23C=CCN(c2ccc4ccccc4c2)C(=O)C13. The smallest absolute Gasteiger partial charge is 0.313 e. The van der Waals surface area contributed by atoms with E-state index in [-0.39, 0.29) is 31.6 Å². The Morgan fingerprint density at radius 1 is 1.00 bits per heavy atom. The van der Waals surface area contributed by atoms with Crippen molar-refractivity contribution in [1.82, 2.24) is 4.90 Å². The van der Waals surface area contributed by atoms with Crippen molar-refractivity contribution in [3.8, 4) is 0 Å². The van der Waals surface area contributed by atoms with Crippen LogP contribution in [0.5, 0.6) is 0 Å². The molecule has 198 valence electrons. The van der Waals surface area contributed by atoms with Gasteiger partial charge >= 0.3 is 5.97 Å². The van der Waals surface area contributed by atoms with Crippen molar-refractivity contribution in [2.45, 2.75) is 50.0 Å². The van der Waals surface area contributed by atoms with Crippen LogP contribution in [0.4, 0.5) is 5.69 Å². The van der Waals surface area contributed by atoms with E-state index in [9.17, 15) is 19.5 Å². The van der Waals surface area contributed by atoms with Crippen LogP contribution < -0.4 is 4.90 Å². The lowest BCUT2D eigenvalue weighted by Gasteiger charge is -2.40. The molecule has 0 aliphatic carbocycles. The highest BCUT2D eigenvalue weighted by atomic mass is 16.6. The average Bonchev–Trinajstić information content (AvgIpc) is 3.21. The predicted molar refractivity (Wildman–Crippen MR) is 141 cm³/mol. The number of cyclic esters (lactones) is 1.